The summed E-state index contributed by atoms with van der Waals surface area (Å²) in [6.07, 6.45) is 2.24. The molecule has 0 radical (unpaired) electrons. The van der Waals surface area contributed by atoms with Crippen molar-refractivity contribution in [1.82, 2.24) is 4.90 Å². The van der Waals surface area contributed by atoms with Crippen LogP contribution in [0.3, 0.4) is 0 Å². The normalized spacial score (nSPS) is 17.6. The van der Waals surface area contributed by atoms with Gasteiger partial charge in [-0.05, 0) is 18.4 Å². The molecule has 0 heterocycles. The third kappa shape index (κ3) is 1.31. The number of nitrogens with zero attached hydrogens (tertiary/aromatic N) is 1. The van der Waals surface area contributed by atoms with Crippen molar-refractivity contribution in [3.8, 4) is 0 Å². The molecule has 0 atom stereocenters. The molecule has 2 nitrogen and oxygen atoms in total. The minimum atomic E-state index is 0.0325. The molecule has 2 rings (SSSR count). The maximum atomic E-state index is 8.07. The number of likely N-dealkylation sites (N-methyl/N-ethyl adjacent to an activating group) is 1. The molecule has 1 aromatic rings. The lowest BCUT2D eigenvalue weighted by Gasteiger charge is -2.23. The highest BCUT2D eigenvalue weighted by atomic mass is 15.1. The van der Waals surface area contributed by atoms with Gasteiger partial charge in [0.2, 0.25) is 0 Å². The van der Waals surface area contributed by atoms with Crippen LogP contribution in [0.25, 0.3) is 0 Å². The lowest BCUT2D eigenvalue weighted by Crippen LogP contribution is -2.32. The molecule has 14 heavy (non-hydrogen) atoms. The number of amidine groups is 1. The number of rotatable bonds is 2. The maximum absolute atomic E-state index is 8.07. The van der Waals surface area contributed by atoms with Crippen molar-refractivity contribution in [2.24, 2.45) is 0 Å². The zero-order chi connectivity index (χ0) is 10.2. The van der Waals surface area contributed by atoms with Crippen LogP contribution in [-0.2, 0) is 5.41 Å². The molecule has 1 aromatic carbocycles. The van der Waals surface area contributed by atoms with Gasteiger partial charge in [-0.2, -0.15) is 0 Å². The summed E-state index contributed by atoms with van der Waals surface area (Å²) < 4.78 is 0. The fraction of sp³-hybridized carbons (Fsp3) is 0.417. The van der Waals surface area contributed by atoms with E-state index in [-0.39, 0.29) is 5.41 Å². The average Bonchev–Trinajstić information content (AvgIpc) is 2.99. The number of nitrogens with one attached hydrogen (secondary N) is 1. The second-order valence-electron chi connectivity index (χ2n) is 4.19. The van der Waals surface area contributed by atoms with Crippen molar-refractivity contribution in [2.75, 3.05) is 14.1 Å². The SMILES string of the molecule is CN(C)C(=N)C1(c2ccccc2)CC1. The van der Waals surface area contributed by atoms with Crippen molar-refractivity contribution in [3.05, 3.63) is 35.9 Å². The van der Waals surface area contributed by atoms with Crippen LogP contribution in [0.2, 0.25) is 0 Å². The molecule has 0 aromatic heterocycles. The fourth-order valence-corrected chi connectivity index (χ4v) is 1.97. The summed E-state index contributed by atoms with van der Waals surface area (Å²) in [6.45, 7) is 0. The van der Waals surface area contributed by atoms with Crippen LogP contribution in [0.4, 0.5) is 0 Å². The van der Waals surface area contributed by atoms with Crippen molar-refractivity contribution in [1.29, 1.82) is 5.41 Å². The summed E-state index contributed by atoms with van der Waals surface area (Å²) in [5.74, 6) is 0.740. The van der Waals surface area contributed by atoms with Crippen LogP contribution in [0.15, 0.2) is 30.3 Å². The molecule has 0 bridgehead atoms. The van der Waals surface area contributed by atoms with Crippen molar-refractivity contribution in [3.63, 3.8) is 0 Å². The molecule has 0 saturated heterocycles. The van der Waals surface area contributed by atoms with Crippen molar-refractivity contribution in [2.45, 2.75) is 18.3 Å². The molecule has 0 amide bonds. The van der Waals surface area contributed by atoms with Gasteiger partial charge < -0.3 is 4.90 Å². The highest BCUT2D eigenvalue weighted by molar-refractivity contribution is 5.93. The molecule has 2 heteroatoms. The van der Waals surface area contributed by atoms with E-state index in [9.17, 15) is 0 Å². The highest BCUT2D eigenvalue weighted by Crippen LogP contribution is 2.49. The first-order valence-corrected chi connectivity index (χ1v) is 4.99. The minimum Gasteiger partial charge on any atom is -0.366 e. The second-order valence-corrected chi connectivity index (χ2v) is 4.19. The molecule has 0 aliphatic heterocycles. The van der Waals surface area contributed by atoms with Crippen LogP contribution >= 0.6 is 0 Å². The van der Waals surface area contributed by atoms with Gasteiger partial charge in [-0.1, -0.05) is 30.3 Å². The van der Waals surface area contributed by atoms with Gasteiger partial charge in [0.1, 0.15) is 5.84 Å². The minimum absolute atomic E-state index is 0.0325. The fourth-order valence-electron chi connectivity index (χ4n) is 1.97. The van der Waals surface area contributed by atoms with E-state index in [1.54, 1.807) is 0 Å². The quantitative estimate of drug-likeness (QED) is 0.559. The Hall–Kier alpha value is -1.31. The molecular weight excluding hydrogens is 172 g/mol. The maximum Gasteiger partial charge on any atom is 0.106 e. The lowest BCUT2D eigenvalue weighted by atomic mass is 9.94. The van der Waals surface area contributed by atoms with E-state index in [0.29, 0.717) is 0 Å². The van der Waals surface area contributed by atoms with E-state index in [4.69, 9.17) is 5.41 Å². The molecule has 1 aliphatic carbocycles. The van der Waals surface area contributed by atoms with Crippen LogP contribution in [0, 0.1) is 5.41 Å². The second kappa shape index (κ2) is 3.12. The average molecular weight is 188 g/mol. The summed E-state index contributed by atoms with van der Waals surface area (Å²) in [7, 11) is 3.90. The van der Waals surface area contributed by atoms with E-state index in [1.807, 2.05) is 25.1 Å². The first kappa shape index (κ1) is 9.25. The first-order chi connectivity index (χ1) is 6.67. The third-order valence-electron chi connectivity index (χ3n) is 2.98. The van der Waals surface area contributed by atoms with E-state index < -0.39 is 0 Å². The molecule has 0 spiro atoms. The molecule has 74 valence electrons. The zero-order valence-electron chi connectivity index (χ0n) is 8.75. The van der Waals surface area contributed by atoms with Gasteiger partial charge in [0.15, 0.2) is 0 Å². The molecule has 0 unspecified atom stereocenters. The van der Waals surface area contributed by atoms with E-state index in [2.05, 4.69) is 24.3 Å². The molecular formula is C12H16N2. The van der Waals surface area contributed by atoms with Crippen molar-refractivity contribution >= 4 is 5.84 Å². The number of benzene rings is 1. The van der Waals surface area contributed by atoms with Gasteiger partial charge in [-0.3, -0.25) is 5.41 Å². The Morgan fingerprint density at radius 2 is 1.79 bits per heavy atom. The van der Waals surface area contributed by atoms with Crippen LogP contribution in [0.1, 0.15) is 18.4 Å². The summed E-state index contributed by atoms with van der Waals surface area (Å²) in [6, 6.07) is 10.4. The van der Waals surface area contributed by atoms with Crippen LogP contribution in [0.5, 0.6) is 0 Å². The molecule has 1 N–H and O–H groups in total. The Morgan fingerprint density at radius 1 is 1.21 bits per heavy atom. The van der Waals surface area contributed by atoms with Gasteiger partial charge >= 0.3 is 0 Å². The monoisotopic (exact) mass is 188 g/mol. The highest BCUT2D eigenvalue weighted by Gasteiger charge is 2.49. The van der Waals surface area contributed by atoms with Gasteiger partial charge in [0.25, 0.3) is 0 Å². The molecule has 1 fully saturated rings. The summed E-state index contributed by atoms with van der Waals surface area (Å²) in [5, 5.41) is 8.07. The Bertz CT molecular complexity index is 337. The van der Waals surface area contributed by atoms with Gasteiger partial charge in [-0.15, -0.1) is 0 Å². The molecule has 1 aliphatic rings. The lowest BCUT2D eigenvalue weighted by molar-refractivity contribution is 0.576. The standard InChI is InChI=1S/C12H16N2/c1-14(2)11(13)12(8-9-12)10-6-4-3-5-7-10/h3-7,13H,8-9H2,1-2H3. The Labute approximate surface area is 85.1 Å². The Kier molecular flexibility index (Phi) is 2.06. The zero-order valence-corrected chi connectivity index (χ0v) is 8.75. The largest absolute Gasteiger partial charge is 0.366 e. The third-order valence-corrected chi connectivity index (χ3v) is 2.98. The Balaban J connectivity index is 2.30. The van der Waals surface area contributed by atoms with Crippen LogP contribution in [-0.4, -0.2) is 24.8 Å². The van der Waals surface area contributed by atoms with Gasteiger partial charge in [0.05, 0.1) is 5.41 Å². The Morgan fingerprint density at radius 3 is 2.21 bits per heavy atom. The number of hydrogen-bond donors (Lipinski definition) is 1. The van der Waals surface area contributed by atoms with Gasteiger partial charge in [0, 0.05) is 14.1 Å². The first-order valence-electron chi connectivity index (χ1n) is 4.99. The predicted molar refractivity (Wildman–Crippen MR) is 58.8 cm³/mol. The summed E-state index contributed by atoms with van der Waals surface area (Å²) >= 11 is 0. The summed E-state index contributed by atoms with van der Waals surface area (Å²) in [4.78, 5) is 1.92. The van der Waals surface area contributed by atoms with E-state index in [0.717, 1.165) is 18.7 Å². The molecule has 1 saturated carbocycles. The van der Waals surface area contributed by atoms with Gasteiger partial charge in [-0.25, -0.2) is 0 Å². The predicted octanol–water partition coefficient (Wildman–Crippen LogP) is 2.26. The van der Waals surface area contributed by atoms with E-state index >= 15 is 0 Å². The smallest absolute Gasteiger partial charge is 0.106 e. The van der Waals surface area contributed by atoms with Crippen LogP contribution < -0.4 is 0 Å². The van der Waals surface area contributed by atoms with E-state index in [1.165, 1.54) is 5.56 Å². The number of hydrogen-bond acceptors (Lipinski definition) is 1. The van der Waals surface area contributed by atoms with Crippen molar-refractivity contribution < 1.29 is 0 Å². The topological polar surface area (TPSA) is 27.1 Å². The summed E-state index contributed by atoms with van der Waals surface area (Å²) in [5.41, 5.74) is 1.32.